The molecular weight excluding hydrogens is 466 g/mol. The van der Waals surface area contributed by atoms with Gasteiger partial charge >= 0.3 is 0 Å². The fourth-order valence-electron chi connectivity index (χ4n) is 6.04. The van der Waals surface area contributed by atoms with Gasteiger partial charge in [-0.3, -0.25) is 16.1 Å². The Morgan fingerprint density at radius 3 is 2.54 bits per heavy atom. The van der Waals surface area contributed by atoms with Gasteiger partial charge in [-0.1, -0.05) is 0 Å². The number of methoxy groups -OCH3 is 1. The number of benzene rings is 1. The Labute approximate surface area is 219 Å². The number of hydrogen-bond acceptors (Lipinski definition) is 7. The first-order valence-corrected chi connectivity index (χ1v) is 13.0. The van der Waals surface area contributed by atoms with E-state index in [9.17, 15) is 5.21 Å². The van der Waals surface area contributed by atoms with Gasteiger partial charge in [0.1, 0.15) is 17.4 Å². The van der Waals surface area contributed by atoms with Gasteiger partial charge in [-0.05, 0) is 77.7 Å². The van der Waals surface area contributed by atoms with E-state index >= 15 is 0 Å². The maximum atomic E-state index is 9.98. The highest BCUT2D eigenvalue weighted by molar-refractivity contribution is 6.14. The average molecular weight is 508 g/mol. The SMILES string of the molecule is COc1cc(-c2cnc3n2CCCC3)cc(NO)c1C(=N)C=CC(=N)N(C)C1CC(C)(C)NC(C)(C)C1. The van der Waals surface area contributed by atoms with Crippen LogP contribution in [0, 0.1) is 10.8 Å². The van der Waals surface area contributed by atoms with Crippen LogP contribution in [0.2, 0.25) is 0 Å². The van der Waals surface area contributed by atoms with E-state index < -0.39 is 0 Å². The van der Waals surface area contributed by atoms with Gasteiger partial charge < -0.3 is 24.9 Å². The number of piperidine rings is 1. The Hall–Kier alpha value is -3.17. The van der Waals surface area contributed by atoms with E-state index in [1.807, 2.05) is 30.3 Å². The van der Waals surface area contributed by atoms with E-state index in [1.54, 1.807) is 19.3 Å². The molecular formula is C28H41N7O2. The van der Waals surface area contributed by atoms with Crippen molar-refractivity contribution < 1.29 is 9.94 Å². The summed E-state index contributed by atoms with van der Waals surface area (Å²) in [5.41, 5.74) is 4.98. The van der Waals surface area contributed by atoms with E-state index in [-0.39, 0.29) is 22.8 Å². The molecule has 2 aromatic rings. The number of amidine groups is 1. The maximum absolute atomic E-state index is 9.98. The average Bonchev–Trinajstić information content (AvgIpc) is 3.28. The second-order valence-corrected chi connectivity index (χ2v) is 11.6. The maximum Gasteiger partial charge on any atom is 0.131 e. The van der Waals surface area contributed by atoms with Gasteiger partial charge in [0, 0.05) is 42.7 Å². The van der Waals surface area contributed by atoms with Crippen LogP contribution in [0.15, 0.2) is 30.5 Å². The zero-order valence-electron chi connectivity index (χ0n) is 22.9. The summed E-state index contributed by atoms with van der Waals surface area (Å²) >= 11 is 0. The molecule has 37 heavy (non-hydrogen) atoms. The first-order valence-electron chi connectivity index (χ1n) is 13.0. The molecule has 5 N–H and O–H groups in total. The molecule has 1 fully saturated rings. The second kappa shape index (κ2) is 10.3. The number of hydrogen-bond donors (Lipinski definition) is 5. The summed E-state index contributed by atoms with van der Waals surface area (Å²) in [6.45, 7) is 9.70. The topological polar surface area (TPSA) is 122 Å². The standard InChI is InChI=1S/C28H41N7O2/c1-27(2)15-19(16-28(3,4)33-27)34(5)24(30)11-10-20(29)26-21(32-36)13-18(14-23(26)37-6)22-17-31-25-9-7-8-12-35(22)25/h10-11,13-14,17,19,29-30,32-33,36H,7-9,12,15-16H2,1-6H3. The third-order valence-electron chi connectivity index (χ3n) is 7.48. The second-order valence-electron chi connectivity index (χ2n) is 11.6. The highest BCUT2D eigenvalue weighted by atomic mass is 16.5. The van der Waals surface area contributed by atoms with Gasteiger partial charge in [0.15, 0.2) is 0 Å². The van der Waals surface area contributed by atoms with Gasteiger partial charge in [0.2, 0.25) is 0 Å². The molecule has 0 spiro atoms. The van der Waals surface area contributed by atoms with Gasteiger partial charge in [-0.2, -0.15) is 0 Å². The van der Waals surface area contributed by atoms with Crippen LogP contribution in [0.25, 0.3) is 11.3 Å². The summed E-state index contributed by atoms with van der Waals surface area (Å²) < 4.78 is 7.87. The molecule has 9 nitrogen and oxygen atoms in total. The molecule has 9 heteroatoms. The number of aromatic nitrogens is 2. The number of nitrogens with zero attached hydrogens (tertiary/aromatic N) is 3. The molecule has 0 radical (unpaired) electrons. The lowest BCUT2D eigenvalue weighted by Crippen LogP contribution is -2.62. The zero-order chi connectivity index (χ0) is 27.0. The molecule has 0 aliphatic carbocycles. The molecule has 3 heterocycles. The lowest BCUT2D eigenvalue weighted by molar-refractivity contribution is 0.114. The molecule has 1 aromatic carbocycles. The van der Waals surface area contributed by atoms with Crippen molar-refractivity contribution in [1.29, 1.82) is 10.8 Å². The van der Waals surface area contributed by atoms with Crippen LogP contribution in [0.5, 0.6) is 5.75 Å². The molecule has 2 aliphatic rings. The normalized spacial score (nSPS) is 18.9. The summed E-state index contributed by atoms with van der Waals surface area (Å²) in [6.07, 6.45) is 10.2. The molecule has 0 amide bonds. The van der Waals surface area contributed by atoms with Gasteiger partial charge in [0.25, 0.3) is 0 Å². The largest absolute Gasteiger partial charge is 0.496 e. The summed E-state index contributed by atoms with van der Waals surface area (Å²) in [6, 6.07) is 3.91. The molecule has 2 aliphatic heterocycles. The number of imidazole rings is 1. The third-order valence-corrected chi connectivity index (χ3v) is 7.48. The fourth-order valence-corrected chi connectivity index (χ4v) is 6.04. The van der Waals surface area contributed by atoms with Crippen molar-refractivity contribution in [2.45, 2.75) is 83.5 Å². The number of likely N-dealkylation sites (N-methyl/N-ethyl adjacent to an activating group) is 1. The van der Waals surface area contributed by atoms with Crippen LogP contribution in [0.4, 0.5) is 5.69 Å². The minimum Gasteiger partial charge on any atom is -0.496 e. The number of anilines is 1. The van der Waals surface area contributed by atoms with Crippen LogP contribution in [0.1, 0.15) is 64.8 Å². The number of nitrogens with one attached hydrogen (secondary N) is 4. The fraction of sp³-hybridized carbons (Fsp3) is 0.536. The van der Waals surface area contributed by atoms with E-state index in [2.05, 4.69) is 48.0 Å². The van der Waals surface area contributed by atoms with Gasteiger partial charge in [-0.25, -0.2) is 4.98 Å². The van der Waals surface area contributed by atoms with Crippen LogP contribution >= 0.6 is 0 Å². The third kappa shape index (κ3) is 5.72. The number of allylic oxidation sites excluding steroid dienone is 1. The minimum absolute atomic E-state index is 0.0249. The number of aryl methyl sites for hydroxylation is 1. The highest BCUT2D eigenvalue weighted by Crippen LogP contribution is 2.36. The Morgan fingerprint density at radius 2 is 1.89 bits per heavy atom. The molecule has 4 rings (SSSR count). The summed E-state index contributed by atoms with van der Waals surface area (Å²) in [4.78, 5) is 6.57. The molecule has 0 unspecified atom stereocenters. The Morgan fingerprint density at radius 1 is 1.19 bits per heavy atom. The number of rotatable bonds is 7. The van der Waals surface area contributed by atoms with Crippen LogP contribution in [-0.4, -0.2) is 62.5 Å². The van der Waals surface area contributed by atoms with Gasteiger partial charge in [0.05, 0.1) is 36.0 Å². The molecule has 0 saturated carbocycles. The number of ether oxygens (including phenoxy) is 1. The highest BCUT2D eigenvalue weighted by Gasteiger charge is 2.39. The van der Waals surface area contributed by atoms with Gasteiger partial charge in [-0.15, -0.1) is 0 Å². The number of fused-ring (bicyclic) bond motifs is 1. The Balaban J connectivity index is 1.57. The Kier molecular flexibility index (Phi) is 7.48. The van der Waals surface area contributed by atoms with E-state index in [0.29, 0.717) is 22.8 Å². The first kappa shape index (κ1) is 26.9. The van der Waals surface area contributed by atoms with Crippen LogP contribution < -0.4 is 15.5 Å². The van der Waals surface area contributed by atoms with Crippen LogP contribution in [0.3, 0.4) is 0 Å². The van der Waals surface area contributed by atoms with E-state index in [1.165, 1.54) is 0 Å². The van der Waals surface area contributed by atoms with Crippen molar-refractivity contribution in [2.24, 2.45) is 0 Å². The van der Waals surface area contributed by atoms with Crippen molar-refractivity contribution in [2.75, 3.05) is 19.6 Å². The lowest BCUT2D eigenvalue weighted by atomic mass is 9.79. The van der Waals surface area contributed by atoms with Crippen molar-refractivity contribution in [3.8, 4) is 17.0 Å². The van der Waals surface area contributed by atoms with Crippen molar-refractivity contribution >= 4 is 17.2 Å². The molecule has 200 valence electrons. The molecule has 1 saturated heterocycles. The van der Waals surface area contributed by atoms with Crippen molar-refractivity contribution in [3.63, 3.8) is 0 Å². The quantitative estimate of drug-likeness (QED) is 0.208. The summed E-state index contributed by atoms with van der Waals surface area (Å²) in [7, 11) is 3.50. The molecule has 1 aromatic heterocycles. The zero-order valence-corrected chi connectivity index (χ0v) is 22.9. The van der Waals surface area contributed by atoms with Crippen molar-refractivity contribution in [3.05, 3.63) is 41.9 Å². The van der Waals surface area contributed by atoms with Crippen LogP contribution in [-0.2, 0) is 13.0 Å². The van der Waals surface area contributed by atoms with E-state index in [4.69, 9.17) is 15.6 Å². The summed E-state index contributed by atoms with van der Waals surface area (Å²) in [5, 5.41) is 31.1. The smallest absolute Gasteiger partial charge is 0.131 e. The predicted octanol–water partition coefficient (Wildman–Crippen LogP) is 4.84. The monoisotopic (exact) mass is 507 g/mol. The summed E-state index contributed by atoms with van der Waals surface area (Å²) in [5.74, 6) is 1.88. The molecule has 0 bridgehead atoms. The predicted molar refractivity (Wildman–Crippen MR) is 148 cm³/mol. The molecule has 0 atom stereocenters. The van der Waals surface area contributed by atoms with E-state index in [0.717, 1.165) is 55.7 Å². The first-order chi connectivity index (χ1) is 17.4. The van der Waals surface area contributed by atoms with Crippen molar-refractivity contribution in [1.82, 2.24) is 19.8 Å². The Bertz CT molecular complexity index is 1170. The lowest BCUT2D eigenvalue weighted by Gasteiger charge is -2.49. The minimum atomic E-state index is -0.0249.